The fourth-order valence-corrected chi connectivity index (χ4v) is 0.744. The van der Waals surface area contributed by atoms with Crippen LogP contribution in [0.2, 0.25) is 0 Å². The van der Waals surface area contributed by atoms with Crippen molar-refractivity contribution in [2.45, 2.75) is 6.92 Å². The third kappa shape index (κ3) is 2.27. The Bertz CT molecular complexity index is 256. The molecule has 0 aromatic heterocycles. The summed E-state index contributed by atoms with van der Waals surface area (Å²) in [5.41, 5.74) is 6.44. The van der Waals surface area contributed by atoms with E-state index in [0.717, 1.165) is 5.56 Å². The van der Waals surface area contributed by atoms with Gasteiger partial charge in [0.15, 0.2) is 5.84 Å². The van der Waals surface area contributed by atoms with Crippen LogP contribution in [0.15, 0.2) is 29.4 Å². The van der Waals surface area contributed by atoms with Gasteiger partial charge < -0.3 is 10.6 Å². The molecule has 0 fully saturated rings. The molecule has 0 bridgehead atoms. The van der Waals surface area contributed by atoms with Gasteiger partial charge in [-0.2, -0.15) is 0 Å². The van der Waals surface area contributed by atoms with Crippen LogP contribution in [0.25, 0.3) is 0 Å². The van der Waals surface area contributed by atoms with E-state index in [9.17, 15) is 0 Å². The van der Waals surface area contributed by atoms with Gasteiger partial charge in [-0.3, -0.25) is 0 Å². The summed E-state index contributed by atoms with van der Waals surface area (Å²) in [6.07, 6.45) is 0. The maximum atomic E-state index is 5.59. The lowest BCUT2D eigenvalue weighted by Gasteiger charge is -1.98. The highest BCUT2D eigenvalue weighted by Gasteiger charge is 1.95. The van der Waals surface area contributed by atoms with Gasteiger partial charge >= 0.3 is 0 Å². The molecule has 1 aromatic carbocycles. The maximum Gasteiger partial charge on any atom is 0.170 e. The molecule has 1 rings (SSSR count). The molecule has 0 saturated carbocycles. The highest BCUT2D eigenvalue weighted by molar-refractivity contribution is 5.96. The second-order valence-electron chi connectivity index (χ2n) is 2.18. The summed E-state index contributed by atoms with van der Waals surface area (Å²) in [5.74, 6) is 0.394. The van der Waals surface area contributed by atoms with E-state index in [4.69, 9.17) is 10.6 Å². The second-order valence-corrected chi connectivity index (χ2v) is 2.18. The van der Waals surface area contributed by atoms with Crippen LogP contribution in [0, 0.1) is 6.07 Å². The summed E-state index contributed by atoms with van der Waals surface area (Å²) in [6, 6.07) is 10.1. The number of nitrogens with two attached hydrogens (primary N) is 1. The van der Waals surface area contributed by atoms with Gasteiger partial charge in [0.2, 0.25) is 0 Å². The summed E-state index contributed by atoms with van der Waals surface area (Å²) in [4.78, 5) is 4.80. The van der Waals surface area contributed by atoms with Crippen molar-refractivity contribution in [1.29, 1.82) is 0 Å². The average molecular weight is 163 g/mol. The van der Waals surface area contributed by atoms with Crippen LogP contribution in [0.5, 0.6) is 0 Å². The Labute approximate surface area is 71.8 Å². The fraction of sp³-hybridized carbons (Fsp3) is 0.222. The monoisotopic (exact) mass is 163 g/mol. The summed E-state index contributed by atoms with van der Waals surface area (Å²) in [5, 5.41) is 3.69. The number of hydrogen-bond acceptors (Lipinski definition) is 2. The lowest BCUT2D eigenvalue weighted by molar-refractivity contribution is 0.158. The van der Waals surface area contributed by atoms with E-state index in [0.29, 0.717) is 12.4 Å². The molecule has 0 amide bonds. The topological polar surface area (TPSA) is 47.6 Å². The van der Waals surface area contributed by atoms with Gasteiger partial charge in [-0.15, -0.1) is 0 Å². The van der Waals surface area contributed by atoms with Crippen molar-refractivity contribution < 1.29 is 4.84 Å². The Morgan fingerprint density at radius 1 is 1.58 bits per heavy atom. The van der Waals surface area contributed by atoms with Crippen molar-refractivity contribution in [3.63, 3.8) is 0 Å². The molecule has 2 N–H and O–H groups in total. The standard InChI is InChI=1S/C9H11N2O/c1-2-12-11-9(10)8-6-4-3-5-7-8/h4-7H,2H2,1H3,(H2,10,11). The summed E-state index contributed by atoms with van der Waals surface area (Å²) in [6.45, 7) is 2.38. The summed E-state index contributed by atoms with van der Waals surface area (Å²) < 4.78 is 0. The molecule has 0 aliphatic heterocycles. The highest BCUT2D eigenvalue weighted by atomic mass is 16.6. The molecule has 0 saturated heterocycles. The SMILES string of the molecule is CCO/N=C(/N)c1cc[c]cc1. The fourth-order valence-electron chi connectivity index (χ4n) is 0.744. The molecule has 12 heavy (non-hydrogen) atoms. The van der Waals surface area contributed by atoms with Gasteiger partial charge in [-0.1, -0.05) is 29.4 Å². The first-order valence-corrected chi connectivity index (χ1v) is 3.76. The molecule has 0 unspecified atom stereocenters. The zero-order valence-corrected chi connectivity index (χ0v) is 6.95. The van der Waals surface area contributed by atoms with Crippen LogP contribution in [-0.2, 0) is 4.84 Å². The molecular weight excluding hydrogens is 152 g/mol. The molecular formula is C9H11N2O. The van der Waals surface area contributed by atoms with Gasteiger partial charge in [0, 0.05) is 5.56 Å². The number of hydrogen-bond donors (Lipinski definition) is 1. The van der Waals surface area contributed by atoms with Crippen molar-refractivity contribution in [2.24, 2.45) is 10.9 Å². The van der Waals surface area contributed by atoms with E-state index >= 15 is 0 Å². The molecule has 1 radical (unpaired) electrons. The van der Waals surface area contributed by atoms with Crippen molar-refractivity contribution in [1.82, 2.24) is 0 Å². The first kappa shape index (κ1) is 8.59. The Morgan fingerprint density at radius 3 is 2.83 bits per heavy atom. The molecule has 0 heterocycles. The lowest BCUT2D eigenvalue weighted by atomic mass is 10.2. The minimum Gasteiger partial charge on any atom is -0.394 e. The smallest absolute Gasteiger partial charge is 0.170 e. The molecule has 3 heteroatoms. The second kappa shape index (κ2) is 4.38. The van der Waals surface area contributed by atoms with Crippen LogP contribution >= 0.6 is 0 Å². The number of benzene rings is 1. The normalized spacial score (nSPS) is 11.2. The quantitative estimate of drug-likeness (QED) is 0.412. The summed E-state index contributed by atoms with van der Waals surface area (Å²) >= 11 is 0. The Morgan fingerprint density at radius 2 is 2.25 bits per heavy atom. The molecule has 1 aromatic rings. The van der Waals surface area contributed by atoms with Crippen molar-refractivity contribution in [3.8, 4) is 0 Å². The highest BCUT2D eigenvalue weighted by Crippen LogP contribution is 1.96. The molecule has 0 aliphatic rings. The van der Waals surface area contributed by atoms with Crippen molar-refractivity contribution in [2.75, 3.05) is 6.61 Å². The van der Waals surface area contributed by atoms with Crippen LogP contribution in [0.1, 0.15) is 12.5 Å². The Balaban J connectivity index is 2.71. The van der Waals surface area contributed by atoms with E-state index in [1.54, 1.807) is 12.1 Å². The van der Waals surface area contributed by atoms with Crippen LogP contribution in [-0.4, -0.2) is 12.4 Å². The van der Waals surface area contributed by atoms with Gasteiger partial charge in [-0.05, 0) is 13.0 Å². The van der Waals surface area contributed by atoms with E-state index in [1.807, 2.05) is 19.1 Å². The van der Waals surface area contributed by atoms with Crippen molar-refractivity contribution in [3.05, 3.63) is 35.9 Å². The van der Waals surface area contributed by atoms with Crippen LogP contribution in [0.3, 0.4) is 0 Å². The van der Waals surface area contributed by atoms with E-state index in [-0.39, 0.29) is 0 Å². The average Bonchev–Trinajstić information content (AvgIpc) is 2.15. The van der Waals surface area contributed by atoms with Crippen LogP contribution in [0.4, 0.5) is 0 Å². The third-order valence-electron chi connectivity index (χ3n) is 1.31. The minimum atomic E-state index is 0.394. The lowest BCUT2D eigenvalue weighted by Crippen LogP contribution is -2.13. The predicted molar refractivity (Wildman–Crippen MR) is 47.6 cm³/mol. The summed E-state index contributed by atoms with van der Waals surface area (Å²) in [7, 11) is 0. The minimum absolute atomic E-state index is 0.394. The zero-order chi connectivity index (χ0) is 8.81. The molecule has 0 aliphatic carbocycles. The predicted octanol–water partition coefficient (Wildman–Crippen LogP) is 1.14. The first-order valence-electron chi connectivity index (χ1n) is 3.76. The zero-order valence-electron chi connectivity index (χ0n) is 6.95. The third-order valence-corrected chi connectivity index (χ3v) is 1.31. The van der Waals surface area contributed by atoms with E-state index in [1.165, 1.54) is 0 Å². The van der Waals surface area contributed by atoms with Crippen LogP contribution < -0.4 is 5.73 Å². The first-order chi connectivity index (χ1) is 5.84. The van der Waals surface area contributed by atoms with E-state index in [2.05, 4.69) is 11.2 Å². The molecule has 63 valence electrons. The van der Waals surface area contributed by atoms with Gasteiger partial charge in [-0.25, -0.2) is 0 Å². The Kier molecular flexibility index (Phi) is 3.14. The largest absolute Gasteiger partial charge is 0.394 e. The Hall–Kier alpha value is -1.51. The number of amidine groups is 1. The van der Waals surface area contributed by atoms with Gasteiger partial charge in [0.25, 0.3) is 0 Å². The number of nitrogens with zero attached hydrogens (tertiary/aromatic N) is 1. The van der Waals surface area contributed by atoms with Gasteiger partial charge in [0.05, 0.1) is 0 Å². The number of oxime groups is 1. The molecule has 3 nitrogen and oxygen atoms in total. The van der Waals surface area contributed by atoms with Gasteiger partial charge in [0.1, 0.15) is 6.61 Å². The molecule has 0 spiro atoms. The molecule has 0 atom stereocenters. The maximum absolute atomic E-state index is 5.59. The van der Waals surface area contributed by atoms with E-state index < -0.39 is 0 Å². The van der Waals surface area contributed by atoms with Crippen molar-refractivity contribution >= 4 is 5.84 Å². The number of rotatable bonds is 3.